The average molecular weight is 296 g/mol. The second-order valence-electron chi connectivity index (χ2n) is 4.38. The molecular weight excluding hydrogens is 284 g/mol. The van der Waals surface area contributed by atoms with Gasteiger partial charge in [-0.3, -0.25) is 0 Å². The standard InChI is InChI=1S/C14H12N6O2/c1-20(2)12-5-3-10(4-6-12)14-18-17-13(22-14)9-21-19-11(7-15)8-16/h3-6H,9H2,1-2H3. The van der Waals surface area contributed by atoms with E-state index in [-0.39, 0.29) is 18.2 Å². The van der Waals surface area contributed by atoms with Gasteiger partial charge in [-0.05, 0) is 24.3 Å². The third kappa shape index (κ3) is 3.58. The minimum atomic E-state index is -0.376. The highest BCUT2D eigenvalue weighted by Gasteiger charge is 2.09. The first-order valence-corrected chi connectivity index (χ1v) is 6.24. The van der Waals surface area contributed by atoms with Crippen LogP contribution in [-0.2, 0) is 11.4 Å². The van der Waals surface area contributed by atoms with Crippen LogP contribution < -0.4 is 4.90 Å². The average Bonchev–Trinajstić information content (AvgIpc) is 3.00. The van der Waals surface area contributed by atoms with E-state index in [4.69, 9.17) is 19.8 Å². The number of aromatic nitrogens is 2. The minimum absolute atomic E-state index is 0.115. The molecule has 1 aromatic carbocycles. The summed E-state index contributed by atoms with van der Waals surface area (Å²) in [6.07, 6.45) is 0. The van der Waals surface area contributed by atoms with Crippen molar-refractivity contribution in [2.75, 3.05) is 19.0 Å². The number of nitrogens with zero attached hydrogens (tertiary/aromatic N) is 6. The number of hydrogen-bond donors (Lipinski definition) is 0. The van der Waals surface area contributed by atoms with E-state index in [1.54, 1.807) is 12.1 Å². The lowest BCUT2D eigenvalue weighted by Crippen LogP contribution is -2.07. The fourth-order valence-electron chi connectivity index (χ4n) is 1.55. The van der Waals surface area contributed by atoms with E-state index in [0.29, 0.717) is 5.89 Å². The molecule has 0 unspecified atom stereocenters. The van der Waals surface area contributed by atoms with Crippen molar-refractivity contribution in [3.05, 3.63) is 30.2 Å². The van der Waals surface area contributed by atoms with Gasteiger partial charge in [0.15, 0.2) is 6.61 Å². The molecule has 0 aliphatic heterocycles. The number of nitriles is 2. The third-order valence-electron chi connectivity index (χ3n) is 2.65. The highest BCUT2D eigenvalue weighted by Crippen LogP contribution is 2.21. The first-order chi connectivity index (χ1) is 10.6. The van der Waals surface area contributed by atoms with Gasteiger partial charge in [-0.2, -0.15) is 10.5 Å². The van der Waals surface area contributed by atoms with Crippen LogP contribution in [0.4, 0.5) is 5.69 Å². The molecule has 0 atom stereocenters. The van der Waals surface area contributed by atoms with E-state index >= 15 is 0 Å². The van der Waals surface area contributed by atoms with Crippen LogP contribution in [0.5, 0.6) is 0 Å². The Labute approximate surface area is 126 Å². The van der Waals surface area contributed by atoms with Gasteiger partial charge >= 0.3 is 0 Å². The van der Waals surface area contributed by atoms with Crippen LogP contribution in [-0.4, -0.2) is 30.0 Å². The summed E-state index contributed by atoms with van der Waals surface area (Å²) >= 11 is 0. The monoisotopic (exact) mass is 296 g/mol. The molecule has 0 aliphatic carbocycles. The van der Waals surface area contributed by atoms with E-state index in [2.05, 4.69) is 15.4 Å². The molecule has 22 heavy (non-hydrogen) atoms. The van der Waals surface area contributed by atoms with Gasteiger partial charge in [0.1, 0.15) is 12.1 Å². The molecule has 8 heteroatoms. The molecule has 0 saturated carbocycles. The van der Waals surface area contributed by atoms with Gasteiger partial charge < -0.3 is 14.2 Å². The van der Waals surface area contributed by atoms with E-state index in [0.717, 1.165) is 11.3 Å². The molecule has 0 spiro atoms. The number of anilines is 1. The molecule has 1 aromatic heterocycles. The fourth-order valence-corrected chi connectivity index (χ4v) is 1.55. The molecule has 0 radical (unpaired) electrons. The summed E-state index contributed by atoms with van der Waals surface area (Å²) in [4.78, 5) is 6.79. The van der Waals surface area contributed by atoms with Gasteiger partial charge in [0, 0.05) is 25.3 Å². The molecule has 2 rings (SSSR count). The van der Waals surface area contributed by atoms with Crippen molar-refractivity contribution < 1.29 is 9.25 Å². The molecule has 2 aromatic rings. The van der Waals surface area contributed by atoms with Crippen molar-refractivity contribution in [2.45, 2.75) is 6.61 Å². The molecule has 0 amide bonds. The molecule has 1 heterocycles. The lowest BCUT2D eigenvalue weighted by atomic mass is 10.2. The van der Waals surface area contributed by atoms with Crippen molar-refractivity contribution >= 4 is 11.4 Å². The normalized spacial score (nSPS) is 9.45. The number of benzene rings is 1. The zero-order chi connectivity index (χ0) is 15.9. The summed E-state index contributed by atoms with van der Waals surface area (Å²) < 4.78 is 5.42. The zero-order valence-electron chi connectivity index (χ0n) is 12.0. The number of oxime groups is 1. The van der Waals surface area contributed by atoms with Gasteiger partial charge in [0.25, 0.3) is 11.6 Å². The van der Waals surface area contributed by atoms with Gasteiger partial charge in [-0.25, -0.2) is 0 Å². The van der Waals surface area contributed by atoms with Gasteiger partial charge in [-0.15, -0.1) is 10.2 Å². The summed E-state index contributed by atoms with van der Waals surface area (Å²) in [5.41, 5.74) is 1.46. The Morgan fingerprint density at radius 3 is 2.50 bits per heavy atom. The molecular formula is C14H12N6O2. The maximum Gasteiger partial charge on any atom is 0.257 e. The summed E-state index contributed by atoms with van der Waals surface area (Å²) in [6, 6.07) is 10.8. The number of hydrogen-bond acceptors (Lipinski definition) is 8. The predicted molar refractivity (Wildman–Crippen MR) is 77.5 cm³/mol. The van der Waals surface area contributed by atoms with Crippen LogP contribution in [0.2, 0.25) is 0 Å². The minimum Gasteiger partial charge on any atom is -0.417 e. The lowest BCUT2D eigenvalue weighted by Gasteiger charge is -2.11. The smallest absolute Gasteiger partial charge is 0.257 e. The van der Waals surface area contributed by atoms with Gasteiger partial charge in [-0.1, -0.05) is 5.16 Å². The quantitative estimate of drug-likeness (QED) is 0.610. The van der Waals surface area contributed by atoms with Crippen molar-refractivity contribution in [3.8, 4) is 23.6 Å². The Bertz CT molecular complexity index is 733. The SMILES string of the molecule is CN(C)c1ccc(-c2nnc(CON=C(C#N)C#N)o2)cc1. The summed E-state index contributed by atoms with van der Waals surface area (Å²) in [7, 11) is 3.91. The van der Waals surface area contributed by atoms with Crippen LogP contribution in [0, 0.1) is 22.7 Å². The van der Waals surface area contributed by atoms with Crippen molar-refractivity contribution in [1.29, 1.82) is 10.5 Å². The number of rotatable bonds is 5. The van der Waals surface area contributed by atoms with Crippen molar-refractivity contribution in [3.63, 3.8) is 0 Å². The van der Waals surface area contributed by atoms with E-state index < -0.39 is 0 Å². The Morgan fingerprint density at radius 1 is 1.23 bits per heavy atom. The third-order valence-corrected chi connectivity index (χ3v) is 2.65. The predicted octanol–water partition coefficient (Wildman–Crippen LogP) is 1.72. The Morgan fingerprint density at radius 2 is 1.91 bits per heavy atom. The summed E-state index contributed by atoms with van der Waals surface area (Å²) in [5.74, 6) is 0.555. The first-order valence-electron chi connectivity index (χ1n) is 6.24. The summed E-state index contributed by atoms with van der Waals surface area (Å²) in [6.45, 7) is -0.115. The fraction of sp³-hybridized carbons (Fsp3) is 0.214. The van der Waals surface area contributed by atoms with E-state index in [9.17, 15) is 0 Å². The van der Waals surface area contributed by atoms with Crippen molar-refractivity contribution in [2.24, 2.45) is 5.16 Å². The van der Waals surface area contributed by atoms with Gasteiger partial charge in [0.2, 0.25) is 5.89 Å². The van der Waals surface area contributed by atoms with Crippen LogP contribution in [0.3, 0.4) is 0 Å². The Kier molecular flexibility index (Phi) is 4.68. The maximum atomic E-state index is 8.50. The Hall–Kier alpha value is -3.39. The largest absolute Gasteiger partial charge is 0.417 e. The van der Waals surface area contributed by atoms with E-state index in [1.807, 2.05) is 43.3 Å². The molecule has 110 valence electrons. The molecule has 0 bridgehead atoms. The molecule has 0 aliphatic rings. The molecule has 0 saturated heterocycles. The maximum absolute atomic E-state index is 8.50. The van der Waals surface area contributed by atoms with Crippen LogP contribution in [0.1, 0.15) is 5.89 Å². The Balaban J connectivity index is 2.04. The van der Waals surface area contributed by atoms with E-state index in [1.165, 1.54) is 0 Å². The highest BCUT2D eigenvalue weighted by atomic mass is 16.6. The first kappa shape index (κ1) is 15.0. The topological polar surface area (TPSA) is 111 Å². The van der Waals surface area contributed by atoms with Crippen molar-refractivity contribution in [1.82, 2.24) is 10.2 Å². The highest BCUT2D eigenvalue weighted by molar-refractivity contribution is 6.09. The van der Waals surface area contributed by atoms with Crippen LogP contribution in [0.25, 0.3) is 11.5 Å². The second-order valence-corrected chi connectivity index (χ2v) is 4.38. The van der Waals surface area contributed by atoms with Crippen LogP contribution in [0.15, 0.2) is 33.8 Å². The molecule has 0 N–H and O–H groups in total. The zero-order valence-corrected chi connectivity index (χ0v) is 12.0. The van der Waals surface area contributed by atoms with Gasteiger partial charge in [0.05, 0.1) is 0 Å². The molecule has 0 fully saturated rings. The lowest BCUT2D eigenvalue weighted by molar-refractivity contribution is 0.112. The summed E-state index contributed by atoms with van der Waals surface area (Å²) in [5, 5.41) is 28.1. The second kappa shape index (κ2) is 6.86. The van der Waals surface area contributed by atoms with Crippen LogP contribution >= 0.6 is 0 Å². The molecule has 8 nitrogen and oxygen atoms in total.